The molecule has 0 radical (unpaired) electrons. The average molecular weight is 239 g/mol. The minimum absolute atomic E-state index is 0.187. The van der Waals surface area contributed by atoms with E-state index in [1.165, 1.54) is 22.4 Å². The van der Waals surface area contributed by atoms with Crippen LogP contribution in [0.5, 0.6) is 0 Å². The summed E-state index contributed by atoms with van der Waals surface area (Å²) >= 11 is 12.7. The second kappa shape index (κ2) is 4.26. The summed E-state index contributed by atoms with van der Waals surface area (Å²) in [4.78, 5) is 16.7. The number of carbonyl (C=O) groups is 1. The molecule has 0 aliphatic rings. The van der Waals surface area contributed by atoms with E-state index in [1.807, 2.05) is 0 Å². The number of thiazole rings is 1. The van der Waals surface area contributed by atoms with Gasteiger partial charge in [0.15, 0.2) is 5.38 Å². The second-order valence-electron chi connectivity index (χ2n) is 2.60. The zero-order chi connectivity index (χ0) is 10.0. The summed E-state index contributed by atoms with van der Waals surface area (Å²) in [5, 5.41) is -0.196. The molecule has 1 rings (SSSR count). The number of likely N-dealkylation sites (N-methyl/N-ethyl adjacent to an activating group) is 1. The molecule has 0 N–H and O–H groups in total. The van der Waals surface area contributed by atoms with Gasteiger partial charge in [0.05, 0.1) is 6.20 Å². The average Bonchev–Trinajstić information content (AvgIpc) is 2.49. The van der Waals surface area contributed by atoms with E-state index in [1.54, 1.807) is 14.1 Å². The monoisotopic (exact) mass is 238 g/mol. The van der Waals surface area contributed by atoms with Crippen LogP contribution >= 0.6 is 34.5 Å². The number of amides is 1. The summed E-state index contributed by atoms with van der Waals surface area (Å²) in [6, 6.07) is 0. The van der Waals surface area contributed by atoms with Crippen molar-refractivity contribution in [2.75, 3.05) is 14.1 Å². The van der Waals surface area contributed by atoms with Crippen molar-refractivity contribution in [3.8, 4) is 0 Å². The Balaban J connectivity index is 2.79. The molecule has 0 fully saturated rings. The molecule has 0 bridgehead atoms. The predicted octanol–water partition coefficient (Wildman–Crippen LogP) is 2.16. The summed E-state index contributed by atoms with van der Waals surface area (Å²) in [7, 11) is 3.29. The van der Waals surface area contributed by atoms with Crippen molar-refractivity contribution >= 4 is 40.4 Å². The molecule has 0 spiro atoms. The van der Waals surface area contributed by atoms with E-state index < -0.39 is 5.38 Å². The van der Waals surface area contributed by atoms with Crippen molar-refractivity contribution < 1.29 is 4.79 Å². The first-order valence-electron chi connectivity index (χ1n) is 3.49. The molecule has 72 valence electrons. The Labute approximate surface area is 90.3 Å². The van der Waals surface area contributed by atoms with Crippen LogP contribution in [0.2, 0.25) is 4.34 Å². The largest absolute Gasteiger partial charge is 0.347 e. The fourth-order valence-electron chi connectivity index (χ4n) is 0.716. The number of hydrogen-bond acceptors (Lipinski definition) is 3. The lowest BCUT2D eigenvalue weighted by Crippen LogP contribution is -2.25. The van der Waals surface area contributed by atoms with Gasteiger partial charge in [-0.1, -0.05) is 11.6 Å². The molecule has 0 saturated carbocycles. The van der Waals surface area contributed by atoms with E-state index in [2.05, 4.69) is 4.98 Å². The minimum atomic E-state index is -0.729. The number of rotatable bonds is 2. The van der Waals surface area contributed by atoms with Crippen molar-refractivity contribution in [2.24, 2.45) is 0 Å². The third kappa shape index (κ3) is 2.56. The van der Waals surface area contributed by atoms with Crippen molar-refractivity contribution in [1.82, 2.24) is 9.88 Å². The van der Waals surface area contributed by atoms with E-state index in [4.69, 9.17) is 23.2 Å². The van der Waals surface area contributed by atoms with Gasteiger partial charge in [-0.05, 0) is 0 Å². The molecule has 1 aromatic rings. The van der Waals surface area contributed by atoms with Crippen LogP contribution in [0.3, 0.4) is 0 Å². The van der Waals surface area contributed by atoms with Crippen LogP contribution in [0, 0.1) is 0 Å². The normalized spacial score (nSPS) is 12.6. The summed E-state index contributed by atoms with van der Waals surface area (Å²) in [5.74, 6) is -0.187. The molecular formula is C7H8Cl2N2OS. The number of halogens is 2. The van der Waals surface area contributed by atoms with E-state index in [0.29, 0.717) is 9.34 Å². The highest BCUT2D eigenvalue weighted by molar-refractivity contribution is 7.16. The third-order valence-electron chi connectivity index (χ3n) is 1.37. The first-order valence-corrected chi connectivity index (χ1v) is 5.12. The van der Waals surface area contributed by atoms with Gasteiger partial charge < -0.3 is 4.90 Å². The van der Waals surface area contributed by atoms with Crippen molar-refractivity contribution in [3.63, 3.8) is 0 Å². The maximum atomic E-state index is 11.4. The number of nitrogens with zero attached hydrogens (tertiary/aromatic N) is 2. The molecule has 0 aromatic carbocycles. The Hall–Kier alpha value is -0.320. The molecule has 1 aromatic heterocycles. The molecule has 0 saturated heterocycles. The van der Waals surface area contributed by atoms with Gasteiger partial charge >= 0.3 is 0 Å². The van der Waals surface area contributed by atoms with Gasteiger partial charge in [0.25, 0.3) is 0 Å². The lowest BCUT2D eigenvalue weighted by Gasteiger charge is -2.12. The van der Waals surface area contributed by atoms with Gasteiger partial charge in [-0.3, -0.25) is 4.79 Å². The summed E-state index contributed by atoms with van der Waals surface area (Å²) in [5.41, 5.74) is 0. The highest BCUT2D eigenvalue weighted by atomic mass is 35.5. The number of carbonyl (C=O) groups excluding carboxylic acids is 1. The van der Waals surface area contributed by atoms with Gasteiger partial charge in [0.1, 0.15) is 9.34 Å². The zero-order valence-corrected chi connectivity index (χ0v) is 9.45. The first kappa shape index (κ1) is 10.8. The molecule has 1 amide bonds. The van der Waals surface area contributed by atoms with E-state index in [0.717, 1.165) is 0 Å². The molecule has 1 unspecified atom stereocenters. The molecular weight excluding hydrogens is 231 g/mol. The van der Waals surface area contributed by atoms with Gasteiger partial charge in [0.2, 0.25) is 5.91 Å². The molecule has 0 aliphatic carbocycles. The van der Waals surface area contributed by atoms with Crippen molar-refractivity contribution in [2.45, 2.75) is 5.38 Å². The van der Waals surface area contributed by atoms with Crippen LogP contribution in [0.1, 0.15) is 10.4 Å². The number of hydrogen-bond donors (Lipinski definition) is 0. The van der Waals surface area contributed by atoms with Gasteiger partial charge in [-0.2, -0.15) is 0 Å². The van der Waals surface area contributed by atoms with Gasteiger partial charge in [0, 0.05) is 14.1 Å². The summed E-state index contributed by atoms with van der Waals surface area (Å²) in [6.07, 6.45) is 1.49. The molecule has 13 heavy (non-hydrogen) atoms. The lowest BCUT2D eigenvalue weighted by atomic mass is 10.4. The van der Waals surface area contributed by atoms with Crippen LogP contribution in [-0.2, 0) is 4.79 Å². The number of aromatic nitrogens is 1. The first-order chi connectivity index (χ1) is 6.02. The minimum Gasteiger partial charge on any atom is -0.347 e. The molecule has 1 heterocycles. The fraction of sp³-hybridized carbons (Fsp3) is 0.429. The van der Waals surface area contributed by atoms with Crippen LogP contribution in [0.4, 0.5) is 0 Å². The van der Waals surface area contributed by atoms with Crippen molar-refractivity contribution in [3.05, 3.63) is 15.5 Å². The van der Waals surface area contributed by atoms with E-state index in [9.17, 15) is 4.79 Å². The number of alkyl halides is 1. The Morgan fingerprint density at radius 1 is 1.69 bits per heavy atom. The predicted molar refractivity (Wildman–Crippen MR) is 54.4 cm³/mol. The highest BCUT2D eigenvalue weighted by Crippen LogP contribution is 2.28. The molecule has 1 atom stereocenters. The Bertz CT molecular complexity index is 313. The summed E-state index contributed by atoms with van der Waals surface area (Å²) < 4.78 is 0.534. The van der Waals surface area contributed by atoms with Crippen LogP contribution < -0.4 is 0 Å². The highest BCUT2D eigenvalue weighted by Gasteiger charge is 2.22. The smallest absolute Gasteiger partial charge is 0.247 e. The zero-order valence-electron chi connectivity index (χ0n) is 7.12. The van der Waals surface area contributed by atoms with E-state index in [-0.39, 0.29) is 5.91 Å². The standard InChI is InChI=1S/C7H8Cl2N2OS/c1-11(2)7(12)5(9)6-10-3-4(8)13-6/h3,5H,1-2H3. The topological polar surface area (TPSA) is 33.2 Å². The van der Waals surface area contributed by atoms with Crippen LogP contribution in [0.15, 0.2) is 6.20 Å². The molecule has 0 aliphatic heterocycles. The molecule has 3 nitrogen and oxygen atoms in total. The van der Waals surface area contributed by atoms with Crippen molar-refractivity contribution in [1.29, 1.82) is 0 Å². The SMILES string of the molecule is CN(C)C(=O)C(Cl)c1ncc(Cl)s1. The summed E-state index contributed by atoms with van der Waals surface area (Å²) in [6.45, 7) is 0. The Morgan fingerprint density at radius 2 is 2.31 bits per heavy atom. The Kier molecular flexibility index (Phi) is 3.53. The maximum absolute atomic E-state index is 11.4. The molecule has 6 heteroatoms. The van der Waals surface area contributed by atoms with E-state index >= 15 is 0 Å². The quantitative estimate of drug-likeness (QED) is 0.741. The Morgan fingerprint density at radius 3 is 2.69 bits per heavy atom. The van der Waals surface area contributed by atoms with Gasteiger partial charge in [-0.15, -0.1) is 22.9 Å². The second-order valence-corrected chi connectivity index (χ2v) is 4.73. The van der Waals surface area contributed by atoms with Crippen LogP contribution in [-0.4, -0.2) is 29.9 Å². The fourth-order valence-corrected chi connectivity index (χ4v) is 2.00. The third-order valence-corrected chi connectivity index (χ3v) is 3.07. The van der Waals surface area contributed by atoms with Gasteiger partial charge in [-0.25, -0.2) is 4.98 Å². The lowest BCUT2D eigenvalue weighted by molar-refractivity contribution is -0.128. The van der Waals surface area contributed by atoms with Crippen LogP contribution in [0.25, 0.3) is 0 Å². The maximum Gasteiger partial charge on any atom is 0.247 e.